The number of fused-ring (bicyclic) bond motifs is 1. The third kappa shape index (κ3) is 4.76. The van der Waals surface area contributed by atoms with Gasteiger partial charge in [0.25, 0.3) is 5.91 Å². The summed E-state index contributed by atoms with van der Waals surface area (Å²) in [6.45, 7) is 3.78. The standard InChI is InChI=1S/C28H22ClN3O3S/c1-17-13-14-20(15-23(17)29)30-26(33)25(19-9-5-3-6-10-19)35-28(34)24-16-22-18(2)31-32(27(22)36-24)21-11-7-4-8-12-21/h3-16,25H,1-2H3,(H,30,33). The fourth-order valence-corrected chi connectivity index (χ4v) is 5.08. The van der Waals surface area contributed by atoms with Crippen LogP contribution in [0.3, 0.4) is 0 Å². The zero-order valence-electron chi connectivity index (χ0n) is 19.6. The van der Waals surface area contributed by atoms with Crippen LogP contribution in [0.25, 0.3) is 15.9 Å². The van der Waals surface area contributed by atoms with Crippen LogP contribution in [0.2, 0.25) is 5.02 Å². The molecule has 0 saturated heterocycles. The van der Waals surface area contributed by atoms with Gasteiger partial charge < -0.3 is 10.1 Å². The Morgan fingerprint density at radius 1 is 0.972 bits per heavy atom. The number of carbonyl (C=O) groups excluding carboxylic acids is 2. The molecule has 0 saturated carbocycles. The van der Waals surface area contributed by atoms with E-state index in [2.05, 4.69) is 10.4 Å². The van der Waals surface area contributed by atoms with E-state index in [4.69, 9.17) is 16.3 Å². The highest BCUT2D eigenvalue weighted by atomic mass is 35.5. The maximum Gasteiger partial charge on any atom is 0.349 e. The highest BCUT2D eigenvalue weighted by Gasteiger charge is 2.27. The highest BCUT2D eigenvalue weighted by molar-refractivity contribution is 7.20. The predicted octanol–water partition coefficient (Wildman–Crippen LogP) is 6.89. The second kappa shape index (κ2) is 9.97. The van der Waals surface area contributed by atoms with Crippen molar-refractivity contribution in [2.75, 3.05) is 5.32 Å². The van der Waals surface area contributed by atoms with Crippen LogP contribution in [0.1, 0.15) is 32.6 Å². The van der Waals surface area contributed by atoms with Gasteiger partial charge in [-0.3, -0.25) is 4.79 Å². The molecule has 0 aliphatic heterocycles. The van der Waals surface area contributed by atoms with Crippen LogP contribution in [0.15, 0.2) is 84.9 Å². The van der Waals surface area contributed by atoms with Crippen molar-refractivity contribution in [1.82, 2.24) is 9.78 Å². The average Bonchev–Trinajstić information content (AvgIpc) is 3.46. The summed E-state index contributed by atoms with van der Waals surface area (Å²) >= 11 is 7.49. The van der Waals surface area contributed by atoms with Crippen LogP contribution >= 0.6 is 22.9 Å². The van der Waals surface area contributed by atoms with Crippen molar-refractivity contribution in [3.63, 3.8) is 0 Å². The van der Waals surface area contributed by atoms with E-state index in [9.17, 15) is 9.59 Å². The number of para-hydroxylation sites is 1. The lowest BCUT2D eigenvalue weighted by atomic mass is 10.1. The van der Waals surface area contributed by atoms with Crippen molar-refractivity contribution >= 4 is 50.7 Å². The number of nitrogens with one attached hydrogen (secondary N) is 1. The van der Waals surface area contributed by atoms with E-state index in [1.807, 2.05) is 61.0 Å². The molecule has 36 heavy (non-hydrogen) atoms. The molecule has 2 aromatic heterocycles. The van der Waals surface area contributed by atoms with Gasteiger partial charge in [-0.25, -0.2) is 9.48 Å². The maximum atomic E-state index is 13.3. The van der Waals surface area contributed by atoms with Crippen molar-refractivity contribution in [3.8, 4) is 5.69 Å². The molecule has 8 heteroatoms. The SMILES string of the molecule is Cc1ccc(NC(=O)C(OC(=O)c2cc3c(C)nn(-c4ccccc4)c3s2)c2ccccc2)cc1Cl. The molecule has 1 atom stereocenters. The Bertz CT molecular complexity index is 1560. The first-order valence-electron chi connectivity index (χ1n) is 11.3. The van der Waals surface area contributed by atoms with Gasteiger partial charge in [0, 0.05) is 21.7 Å². The maximum absolute atomic E-state index is 13.3. The van der Waals surface area contributed by atoms with E-state index in [1.165, 1.54) is 11.3 Å². The first-order valence-corrected chi connectivity index (χ1v) is 12.5. The molecule has 1 unspecified atom stereocenters. The molecule has 1 N–H and O–H groups in total. The number of thiophene rings is 1. The van der Waals surface area contributed by atoms with Gasteiger partial charge in [0.05, 0.1) is 11.4 Å². The van der Waals surface area contributed by atoms with Crippen molar-refractivity contribution in [2.45, 2.75) is 20.0 Å². The van der Waals surface area contributed by atoms with E-state index >= 15 is 0 Å². The van der Waals surface area contributed by atoms with Crippen LogP contribution in [-0.2, 0) is 9.53 Å². The molecule has 0 bridgehead atoms. The van der Waals surface area contributed by atoms with Gasteiger partial charge in [-0.15, -0.1) is 11.3 Å². The molecule has 3 aromatic carbocycles. The number of carbonyl (C=O) groups is 2. The smallest absolute Gasteiger partial charge is 0.349 e. The summed E-state index contributed by atoms with van der Waals surface area (Å²) in [4.78, 5) is 27.7. The second-order valence-corrected chi connectivity index (χ2v) is 9.75. The summed E-state index contributed by atoms with van der Waals surface area (Å²) in [7, 11) is 0. The minimum absolute atomic E-state index is 0.391. The summed E-state index contributed by atoms with van der Waals surface area (Å²) in [5.74, 6) is -1.05. The molecule has 6 nitrogen and oxygen atoms in total. The summed E-state index contributed by atoms with van der Waals surface area (Å²) in [5, 5.41) is 8.84. The third-order valence-electron chi connectivity index (χ3n) is 5.75. The molecule has 180 valence electrons. The molecule has 1 amide bonds. The number of aromatic nitrogens is 2. The second-order valence-electron chi connectivity index (χ2n) is 8.31. The van der Waals surface area contributed by atoms with Crippen molar-refractivity contribution in [1.29, 1.82) is 0 Å². The number of rotatable bonds is 6. The molecule has 5 aromatic rings. The third-order valence-corrected chi connectivity index (χ3v) is 7.25. The molecular formula is C28H22ClN3O3S. The van der Waals surface area contributed by atoms with E-state index in [0.717, 1.165) is 27.2 Å². The minimum Gasteiger partial charge on any atom is -0.443 e. The quantitative estimate of drug-likeness (QED) is 0.250. The molecule has 0 aliphatic rings. The lowest BCUT2D eigenvalue weighted by Crippen LogP contribution is -2.25. The largest absolute Gasteiger partial charge is 0.443 e. The van der Waals surface area contributed by atoms with Crippen LogP contribution in [0.5, 0.6) is 0 Å². The number of esters is 1. The van der Waals surface area contributed by atoms with Gasteiger partial charge in [0.2, 0.25) is 6.10 Å². The molecule has 0 fully saturated rings. The van der Waals surface area contributed by atoms with E-state index in [0.29, 0.717) is 21.2 Å². The fraction of sp³-hybridized carbons (Fsp3) is 0.107. The van der Waals surface area contributed by atoms with Gasteiger partial charge in [0.15, 0.2) is 0 Å². The number of amides is 1. The number of nitrogens with zero attached hydrogens (tertiary/aromatic N) is 2. The number of ether oxygens (including phenoxy) is 1. The summed E-state index contributed by atoms with van der Waals surface area (Å²) in [6, 6.07) is 25.7. The topological polar surface area (TPSA) is 73.2 Å². The molecular weight excluding hydrogens is 494 g/mol. The molecule has 0 spiro atoms. The molecule has 0 aliphatic carbocycles. The van der Waals surface area contributed by atoms with Gasteiger partial charge in [0.1, 0.15) is 9.71 Å². The van der Waals surface area contributed by atoms with Gasteiger partial charge >= 0.3 is 5.97 Å². The Labute approximate surface area is 217 Å². The lowest BCUT2D eigenvalue weighted by Gasteiger charge is -2.18. The molecule has 0 radical (unpaired) electrons. The Morgan fingerprint density at radius 3 is 2.36 bits per heavy atom. The number of aryl methyl sites for hydroxylation is 2. The Morgan fingerprint density at radius 2 is 1.67 bits per heavy atom. The van der Waals surface area contributed by atoms with E-state index < -0.39 is 18.0 Å². The van der Waals surface area contributed by atoms with Crippen LogP contribution in [-0.4, -0.2) is 21.7 Å². The first-order chi connectivity index (χ1) is 17.4. The highest BCUT2D eigenvalue weighted by Crippen LogP contribution is 2.32. The summed E-state index contributed by atoms with van der Waals surface area (Å²) < 4.78 is 7.61. The number of halogens is 1. The number of hydrogen-bond acceptors (Lipinski definition) is 5. The normalized spacial score (nSPS) is 11.9. The Hall–Kier alpha value is -3.94. The Kier molecular flexibility index (Phi) is 6.59. The number of benzene rings is 3. The van der Waals surface area contributed by atoms with Crippen LogP contribution < -0.4 is 5.32 Å². The summed E-state index contributed by atoms with van der Waals surface area (Å²) in [5.41, 5.74) is 3.69. The van der Waals surface area contributed by atoms with Crippen molar-refractivity contribution < 1.29 is 14.3 Å². The van der Waals surface area contributed by atoms with Crippen LogP contribution in [0.4, 0.5) is 5.69 Å². The average molecular weight is 516 g/mol. The van der Waals surface area contributed by atoms with Crippen molar-refractivity contribution in [2.24, 2.45) is 0 Å². The zero-order chi connectivity index (χ0) is 25.2. The van der Waals surface area contributed by atoms with Gasteiger partial charge in [-0.2, -0.15) is 5.10 Å². The first kappa shape index (κ1) is 23.8. The lowest BCUT2D eigenvalue weighted by molar-refractivity contribution is -0.125. The fourth-order valence-electron chi connectivity index (χ4n) is 3.84. The number of hydrogen-bond donors (Lipinski definition) is 1. The molecule has 5 rings (SSSR count). The zero-order valence-corrected chi connectivity index (χ0v) is 21.1. The Balaban J connectivity index is 1.44. The van der Waals surface area contributed by atoms with Crippen molar-refractivity contribution in [3.05, 3.63) is 112 Å². The van der Waals surface area contributed by atoms with E-state index in [-0.39, 0.29) is 0 Å². The van der Waals surface area contributed by atoms with E-state index in [1.54, 1.807) is 42.5 Å². The minimum atomic E-state index is -1.14. The monoisotopic (exact) mass is 515 g/mol. The van der Waals surface area contributed by atoms with Crippen LogP contribution in [0, 0.1) is 13.8 Å². The molecule has 2 heterocycles. The summed E-state index contributed by atoms with van der Waals surface area (Å²) in [6.07, 6.45) is -1.14. The predicted molar refractivity (Wildman–Crippen MR) is 143 cm³/mol. The number of anilines is 1. The van der Waals surface area contributed by atoms with Gasteiger partial charge in [-0.05, 0) is 49.7 Å². The van der Waals surface area contributed by atoms with Gasteiger partial charge in [-0.1, -0.05) is 66.2 Å².